The lowest BCUT2D eigenvalue weighted by atomic mass is 10.3. The summed E-state index contributed by atoms with van der Waals surface area (Å²) in [4.78, 5) is -0.376. The number of nitrogens with zero attached hydrogens (tertiary/aromatic N) is 1. The van der Waals surface area contributed by atoms with Crippen LogP contribution in [0.3, 0.4) is 0 Å². The van der Waals surface area contributed by atoms with E-state index in [0.29, 0.717) is 11.8 Å². The summed E-state index contributed by atoms with van der Waals surface area (Å²) in [6.45, 7) is -0.594. The van der Waals surface area contributed by atoms with Gasteiger partial charge in [0, 0.05) is 0 Å². The molecule has 0 aliphatic carbocycles. The zero-order chi connectivity index (χ0) is 15.5. The third-order valence-electron chi connectivity index (χ3n) is 2.83. The molecule has 0 radical (unpaired) electrons. The van der Waals surface area contributed by atoms with Gasteiger partial charge in [-0.2, -0.15) is 0 Å². The fourth-order valence-corrected chi connectivity index (χ4v) is 3.31. The van der Waals surface area contributed by atoms with E-state index in [4.69, 9.17) is 5.11 Å². The van der Waals surface area contributed by atoms with Crippen molar-refractivity contribution in [3.05, 3.63) is 60.2 Å². The molecule has 0 saturated heterocycles. The van der Waals surface area contributed by atoms with Crippen LogP contribution in [0.25, 0.3) is 0 Å². The van der Waals surface area contributed by atoms with Crippen LogP contribution in [0.4, 0.5) is 14.5 Å². The smallest absolute Gasteiger partial charge is 0.264 e. The molecule has 7 heteroatoms. The number of halogens is 2. The van der Waals surface area contributed by atoms with Crippen molar-refractivity contribution in [2.24, 2.45) is 0 Å². The summed E-state index contributed by atoms with van der Waals surface area (Å²) >= 11 is 0. The zero-order valence-corrected chi connectivity index (χ0v) is 11.7. The van der Waals surface area contributed by atoms with Crippen LogP contribution in [0.15, 0.2) is 53.4 Å². The number of sulfonamides is 1. The lowest BCUT2D eigenvalue weighted by Gasteiger charge is -2.23. The molecule has 1 N–H and O–H groups in total. The van der Waals surface area contributed by atoms with E-state index in [1.54, 1.807) is 30.3 Å². The Kier molecular flexibility index (Phi) is 4.54. The first-order valence-electron chi connectivity index (χ1n) is 6.10. The molecule has 0 saturated carbocycles. The van der Waals surface area contributed by atoms with Crippen LogP contribution < -0.4 is 4.31 Å². The number of para-hydroxylation sites is 1. The molecule has 0 amide bonds. The van der Waals surface area contributed by atoms with Gasteiger partial charge in [-0.25, -0.2) is 17.2 Å². The van der Waals surface area contributed by atoms with Gasteiger partial charge in [0.05, 0.1) is 23.7 Å². The monoisotopic (exact) mass is 313 g/mol. The van der Waals surface area contributed by atoms with E-state index in [0.717, 1.165) is 16.4 Å². The van der Waals surface area contributed by atoms with Crippen LogP contribution in [-0.2, 0) is 10.0 Å². The van der Waals surface area contributed by atoms with E-state index in [1.165, 1.54) is 0 Å². The van der Waals surface area contributed by atoms with Crippen molar-refractivity contribution in [1.82, 2.24) is 0 Å². The Morgan fingerprint density at radius 1 is 1.00 bits per heavy atom. The van der Waals surface area contributed by atoms with E-state index in [-0.39, 0.29) is 11.4 Å². The first kappa shape index (κ1) is 15.4. The summed E-state index contributed by atoms with van der Waals surface area (Å²) in [5, 5.41) is 9.07. The van der Waals surface area contributed by atoms with E-state index >= 15 is 0 Å². The van der Waals surface area contributed by atoms with Crippen molar-refractivity contribution in [2.45, 2.75) is 4.90 Å². The molecule has 2 aromatic rings. The highest BCUT2D eigenvalue weighted by Gasteiger charge is 2.25. The normalized spacial score (nSPS) is 11.4. The molecular formula is C14H13F2NO3S. The van der Waals surface area contributed by atoms with Gasteiger partial charge in [-0.1, -0.05) is 18.2 Å². The molecule has 21 heavy (non-hydrogen) atoms. The summed E-state index contributed by atoms with van der Waals surface area (Å²) in [5.74, 6) is -2.37. The number of hydrogen-bond acceptors (Lipinski definition) is 3. The standard InChI is InChI=1S/C14H13F2NO3S/c15-13-7-6-12(10-14(13)16)21(19,20)17(8-9-18)11-4-2-1-3-5-11/h1-7,10,18H,8-9H2. The maximum atomic E-state index is 13.3. The predicted molar refractivity (Wildman–Crippen MR) is 74.4 cm³/mol. The van der Waals surface area contributed by atoms with E-state index in [9.17, 15) is 17.2 Å². The molecule has 0 fully saturated rings. The zero-order valence-electron chi connectivity index (χ0n) is 10.9. The van der Waals surface area contributed by atoms with Crippen LogP contribution in [-0.4, -0.2) is 26.7 Å². The second-order valence-electron chi connectivity index (χ2n) is 4.21. The van der Waals surface area contributed by atoms with Crippen LogP contribution in [0.1, 0.15) is 0 Å². The van der Waals surface area contributed by atoms with Gasteiger partial charge < -0.3 is 5.11 Å². The summed E-state index contributed by atoms with van der Waals surface area (Å²) in [7, 11) is -4.09. The molecule has 0 spiro atoms. The predicted octanol–water partition coefficient (Wildman–Crippen LogP) is 2.15. The number of benzene rings is 2. The number of aliphatic hydroxyl groups excluding tert-OH is 1. The minimum absolute atomic E-state index is 0.189. The molecule has 4 nitrogen and oxygen atoms in total. The lowest BCUT2D eigenvalue weighted by Crippen LogP contribution is -2.33. The first-order valence-corrected chi connectivity index (χ1v) is 7.54. The molecule has 0 unspecified atom stereocenters. The molecule has 2 aromatic carbocycles. The van der Waals surface area contributed by atoms with E-state index in [1.807, 2.05) is 0 Å². The van der Waals surface area contributed by atoms with Gasteiger partial charge in [0.1, 0.15) is 0 Å². The van der Waals surface area contributed by atoms with Gasteiger partial charge in [-0.3, -0.25) is 4.31 Å². The van der Waals surface area contributed by atoms with Gasteiger partial charge in [-0.15, -0.1) is 0 Å². The Labute approximate surface area is 121 Å². The van der Waals surface area contributed by atoms with Crippen LogP contribution in [0, 0.1) is 11.6 Å². The number of hydrogen-bond donors (Lipinski definition) is 1. The molecule has 0 aliphatic rings. The van der Waals surface area contributed by atoms with Gasteiger partial charge in [-0.05, 0) is 30.3 Å². The van der Waals surface area contributed by atoms with Crippen molar-refractivity contribution in [3.63, 3.8) is 0 Å². The Morgan fingerprint density at radius 3 is 2.24 bits per heavy atom. The Bertz CT molecular complexity index is 720. The lowest BCUT2D eigenvalue weighted by molar-refractivity contribution is 0.306. The molecule has 0 aliphatic heterocycles. The van der Waals surface area contributed by atoms with Crippen LogP contribution in [0.2, 0.25) is 0 Å². The number of aliphatic hydroxyl groups is 1. The molecule has 0 heterocycles. The van der Waals surface area contributed by atoms with Crippen molar-refractivity contribution in [1.29, 1.82) is 0 Å². The number of rotatable bonds is 5. The van der Waals surface area contributed by atoms with Crippen molar-refractivity contribution in [2.75, 3.05) is 17.5 Å². The highest BCUT2D eigenvalue weighted by atomic mass is 32.2. The number of anilines is 1. The molecule has 0 atom stereocenters. The second kappa shape index (κ2) is 6.19. The SMILES string of the molecule is O=S(=O)(c1ccc(F)c(F)c1)N(CCO)c1ccccc1. The van der Waals surface area contributed by atoms with Crippen molar-refractivity contribution < 1.29 is 22.3 Å². The molecular weight excluding hydrogens is 300 g/mol. The third kappa shape index (κ3) is 3.20. The summed E-state index contributed by atoms with van der Waals surface area (Å²) in [5.41, 5.74) is 0.330. The Balaban J connectivity index is 2.50. The fraction of sp³-hybridized carbons (Fsp3) is 0.143. The van der Waals surface area contributed by atoms with Gasteiger partial charge in [0.2, 0.25) is 0 Å². The molecule has 112 valence electrons. The van der Waals surface area contributed by atoms with Gasteiger partial charge in [0.25, 0.3) is 10.0 Å². The van der Waals surface area contributed by atoms with E-state index < -0.39 is 28.3 Å². The quantitative estimate of drug-likeness (QED) is 0.920. The minimum Gasteiger partial charge on any atom is -0.394 e. The topological polar surface area (TPSA) is 57.6 Å². The average molecular weight is 313 g/mol. The summed E-state index contributed by atoms with van der Waals surface area (Å²) in [6.07, 6.45) is 0. The third-order valence-corrected chi connectivity index (χ3v) is 4.65. The van der Waals surface area contributed by atoms with Crippen LogP contribution >= 0.6 is 0 Å². The first-order chi connectivity index (χ1) is 9.96. The van der Waals surface area contributed by atoms with Gasteiger partial charge in [0.15, 0.2) is 11.6 Å². The highest BCUT2D eigenvalue weighted by Crippen LogP contribution is 2.24. The van der Waals surface area contributed by atoms with Crippen molar-refractivity contribution in [3.8, 4) is 0 Å². The fourth-order valence-electron chi connectivity index (χ4n) is 1.84. The van der Waals surface area contributed by atoms with Crippen LogP contribution in [0.5, 0.6) is 0 Å². The summed E-state index contributed by atoms with van der Waals surface area (Å²) < 4.78 is 52.2. The maximum Gasteiger partial charge on any atom is 0.264 e. The van der Waals surface area contributed by atoms with Gasteiger partial charge >= 0.3 is 0 Å². The largest absolute Gasteiger partial charge is 0.394 e. The molecule has 0 bridgehead atoms. The second-order valence-corrected chi connectivity index (χ2v) is 6.07. The minimum atomic E-state index is -4.09. The Morgan fingerprint density at radius 2 is 1.67 bits per heavy atom. The van der Waals surface area contributed by atoms with E-state index in [2.05, 4.69) is 0 Å². The summed E-state index contributed by atoms with van der Waals surface area (Å²) in [6, 6.07) is 10.5. The Hall–Kier alpha value is -1.99. The van der Waals surface area contributed by atoms with Crippen molar-refractivity contribution >= 4 is 15.7 Å². The molecule has 0 aromatic heterocycles. The average Bonchev–Trinajstić information content (AvgIpc) is 2.48. The highest BCUT2D eigenvalue weighted by molar-refractivity contribution is 7.92. The molecule has 2 rings (SSSR count). The maximum absolute atomic E-state index is 13.3.